The summed E-state index contributed by atoms with van der Waals surface area (Å²) in [6.07, 6.45) is 5.98. The molecule has 1 heterocycles. The van der Waals surface area contributed by atoms with E-state index >= 15 is 0 Å². The monoisotopic (exact) mass is 512 g/mol. The number of nitrogens with two attached hydrogens (primary N) is 1. The average Bonchev–Trinajstić information content (AvgIpc) is 3.28. The number of thioether (sulfide) groups is 1. The van der Waals surface area contributed by atoms with Crippen molar-refractivity contribution in [3.8, 4) is 0 Å². The molecule has 0 aliphatic carbocycles. The molecule has 3 amide bonds. The Labute approximate surface area is 211 Å². The van der Waals surface area contributed by atoms with Gasteiger partial charge in [0.1, 0.15) is 18.1 Å². The van der Waals surface area contributed by atoms with E-state index in [0.29, 0.717) is 25.0 Å². The number of nitrogens with one attached hydrogen (secondary N) is 4. The summed E-state index contributed by atoms with van der Waals surface area (Å²) >= 11 is 1.58. The van der Waals surface area contributed by atoms with Gasteiger partial charge in [-0.25, -0.2) is 9.78 Å². The van der Waals surface area contributed by atoms with Gasteiger partial charge in [0, 0.05) is 18.3 Å². The summed E-state index contributed by atoms with van der Waals surface area (Å²) in [4.78, 5) is 57.1. The van der Waals surface area contributed by atoms with Crippen LogP contribution in [0, 0.1) is 11.8 Å². The van der Waals surface area contributed by atoms with Gasteiger partial charge in [-0.2, -0.15) is 11.8 Å². The van der Waals surface area contributed by atoms with Crippen LogP contribution >= 0.6 is 11.8 Å². The van der Waals surface area contributed by atoms with E-state index in [1.165, 1.54) is 12.5 Å². The number of hydrogen-bond donors (Lipinski definition) is 6. The quantitative estimate of drug-likeness (QED) is 0.187. The SMILES string of the molecule is CSCCC(N)C(=O)NC(CC(C)C)C(=O)NC(CC(C)C)C(=O)NC(Cc1cnc[nH]1)C(=O)O. The van der Waals surface area contributed by atoms with Gasteiger partial charge in [-0.1, -0.05) is 27.7 Å². The van der Waals surface area contributed by atoms with E-state index in [0.717, 1.165) is 5.75 Å². The lowest BCUT2D eigenvalue weighted by Crippen LogP contribution is -2.57. The lowest BCUT2D eigenvalue weighted by Gasteiger charge is -2.26. The molecule has 0 aliphatic rings. The van der Waals surface area contributed by atoms with Crippen molar-refractivity contribution in [2.24, 2.45) is 17.6 Å². The molecule has 198 valence electrons. The maximum atomic E-state index is 13.1. The van der Waals surface area contributed by atoms with Crippen LogP contribution in [0.3, 0.4) is 0 Å². The van der Waals surface area contributed by atoms with Crippen molar-refractivity contribution in [2.45, 2.75) is 77.5 Å². The van der Waals surface area contributed by atoms with Crippen molar-refractivity contribution < 1.29 is 24.3 Å². The molecule has 0 aliphatic heterocycles. The second kappa shape index (κ2) is 15.4. The summed E-state index contributed by atoms with van der Waals surface area (Å²) in [6.45, 7) is 7.63. The molecule has 12 heteroatoms. The molecule has 0 radical (unpaired) electrons. The Morgan fingerprint density at radius 3 is 1.91 bits per heavy atom. The molecule has 4 unspecified atom stereocenters. The maximum absolute atomic E-state index is 13.1. The molecule has 7 N–H and O–H groups in total. The Bertz CT molecular complexity index is 817. The zero-order valence-corrected chi connectivity index (χ0v) is 22.0. The van der Waals surface area contributed by atoms with Gasteiger partial charge in [0.05, 0.1) is 12.4 Å². The topological polar surface area (TPSA) is 179 Å². The fraction of sp³-hybridized carbons (Fsp3) is 0.696. The summed E-state index contributed by atoms with van der Waals surface area (Å²) in [6, 6.07) is -3.78. The lowest BCUT2D eigenvalue weighted by atomic mass is 9.99. The largest absolute Gasteiger partial charge is 0.480 e. The minimum absolute atomic E-state index is 0.0172. The van der Waals surface area contributed by atoms with Crippen LogP contribution < -0.4 is 21.7 Å². The first kappa shape index (κ1) is 30.4. The van der Waals surface area contributed by atoms with Crippen LogP contribution in [0.25, 0.3) is 0 Å². The number of rotatable bonds is 16. The highest BCUT2D eigenvalue weighted by atomic mass is 32.2. The van der Waals surface area contributed by atoms with E-state index in [1.54, 1.807) is 11.8 Å². The fourth-order valence-corrected chi connectivity index (χ4v) is 3.91. The first-order chi connectivity index (χ1) is 16.4. The standard InChI is InChI=1S/C23H40N6O5S/c1-13(2)8-17(27-20(30)16(24)6-7-35-5)21(31)28-18(9-14(3)4)22(32)29-19(23(33)34)10-15-11-25-12-26-15/h11-14,16-19H,6-10,24H2,1-5H3,(H,25,26)(H,27,30)(H,28,31)(H,29,32)(H,33,34). The summed E-state index contributed by atoms with van der Waals surface area (Å²) in [5.74, 6) is -1.88. The van der Waals surface area contributed by atoms with E-state index in [1.807, 2.05) is 34.0 Å². The van der Waals surface area contributed by atoms with Crippen molar-refractivity contribution in [3.05, 3.63) is 18.2 Å². The van der Waals surface area contributed by atoms with Gasteiger partial charge in [0.15, 0.2) is 0 Å². The van der Waals surface area contributed by atoms with E-state index in [-0.39, 0.29) is 18.3 Å². The third-order valence-electron chi connectivity index (χ3n) is 5.24. The molecule has 4 atom stereocenters. The van der Waals surface area contributed by atoms with Crippen molar-refractivity contribution >= 4 is 35.5 Å². The van der Waals surface area contributed by atoms with Gasteiger partial charge in [-0.3, -0.25) is 14.4 Å². The zero-order valence-electron chi connectivity index (χ0n) is 21.2. The number of aromatic nitrogens is 2. The van der Waals surface area contributed by atoms with E-state index in [2.05, 4.69) is 25.9 Å². The molecule has 0 saturated heterocycles. The highest BCUT2D eigenvalue weighted by molar-refractivity contribution is 7.98. The van der Waals surface area contributed by atoms with E-state index < -0.39 is 47.9 Å². The van der Waals surface area contributed by atoms with Crippen LogP contribution in [0.5, 0.6) is 0 Å². The van der Waals surface area contributed by atoms with Crippen molar-refractivity contribution in [2.75, 3.05) is 12.0 Å². The van der Waals surface area contributed by atoms with Crippen LogP contribution in [0.1, 0.15) is 52.7 Å². The minimum Gasteiger partial charge on any atom is -0.480 e. The number of H-pyrrole nitrogens is 1. The third kappa shape index (κ3) is 11.6. The molecule has 0 spiro atoms. The second-order valence-corrected chi connectivity index (χ2v) is 10.4. The van der Waals surface area contributed by atoms with Gasteiger partial charge in [-0.15, -0.1) is 0 Å². The number of imidazole rings is 1. The number of carbonyl (C=O) groups excluding carboxylic acids is 3. The van der Waals surface area contributed by atoms with Crippen molar-refractivity contribution in [1.29, 1.82) is 0 Å². The Balaban J connectivity index is 2.95. The molecule has 1 aromatic rings. The molecule has 0 saturated carbocycles. The first-order valence-corrected chi connectivity index (χ1v) is 13.2. The van der Waals surface area contributed by atoms with E-state index in [4.69, 9.17) is 5.73 Å². The third-order valence-corrected chi connectivity index (χ3v) is 5.89. The number of aromatic amines is 1. The Kier molecular flexibility index (Phi) is 13.4. The Hall–Kier alpha value is -2.60. The molecule has 0 aromatic carbocycles. The van der Waals surface area contributed by atoms with Crippen LogP contribution in [0.15, 0.2) is 12.5 Å². The number of carboxylic acid groups (broad SMARTS) is 1. The second-order valence-electron chi connectivity index (χ2n) is 9.45. The predicted molar refractivity (Wildman–Crippen MR) is 136 cm³/mol. The molecular weight excluding hydrogens is 472 g/mol. The summed E-state index contributed by atoms with van der Waals surface area (Å²) in [5, 5.41) is 17.5. The van der Waals surface area contributed by atoms with Gasteiger partial charge in [0.2, 0.25) is 17.7 Å². The van der Waals surface area contributed by atoms with Crippen LogP contribution in [0.4, 0.5) is 0 Å². The first-order valence-electron chi connectivity index (χ1n) is 11.8. The molecular formula is C23H40N6O5S. The number of aliphatic carboxylic acids is 1. The van der Waals surface area contributed by atoms with Crippen LogP contribution in [-0.2, 0) is 25.6 Å². The number of carboxylic acids is 1. The Morgan fingerprint density at radius 2 is 1.49 bits per heavy atom. The van der Waals surface area contributed by atoms with Crippen LogP contribution in [0.2, 0.25) is 0 Å². The number of nitrogens with zero attached hydrogens (tertiary/aromatic N) is 1. The Morgan fingerprint density at radius 1 is 0.971 bits per heavy atom. The van der Waals surface area contributed by atoms with Gasteiger partial charge >= 0.3 is 5.97 Å². The summed E-state index contributed by atoms with van der Waals surface area (Å²) in [7, 11) is 0. The summed E-state index contributed by atoms with van der Waals surface area (Å²) < 4.78 is 0. The molecule has 0 fully saturated rings. The molecule has 1 rings (SSSR count). The van der Waals surface area contributed by atoms with E-state index in [9.17, 15) is 24.3 Å². The molecule has 35 heavy (non-hydrogen) atoms. The minimum atomic E-state index is -1.20. The maximum Gasteiger partial charge on any atom is 0.326 e. The smallest absolute Gasteiger partial charge is 0.326 e. The number of carbonyl (C=O) groups is 4. The average molecular weight is 513 g/mol. The zero-order chi connectivity index (χ0) is 26.5. The van der Waals surface area contributed by atoms with Crippen molar-refractivity contribution in [3.63, 3.8) is 0 Å². The van der Waals surface area contributed by atoms with Gasteiger partial charge in [0.25, 0.3) is 0 Å². The van der Waals surface area contributed by atoms with Crippen LogP contribution in [-0.4, -0.2) is 74.9 Å². The fourth-order valence-electron chi connectivity index (χ4n) is 3.42. The molecule has 1 aromatic heterocycles. The highest BCUT2D eigenvalue weighted by Gasteiger charge is 2.31. The summed E-state index contributed by atoms with van der Waals surface area (Å²) in [5.41, 5.74) is 6.51. The lowest BCUT2D eigenvalue weighted by molar-refractivity contribution is -0.142. The van der Waals surface area contributed by atoms with Gasteiger partial charge in [-0.05, 0) is 43.1 Å². The molecule has 11 nitrogen and oxygen atoms in total. The molecule has 0 bridgehead atoms. The number of amides is 3. The predicted octanol–water partition coefficient (Wildman–Crippen LogP) is 0.664. The van der Waals surface area contributed by atoms with Gasteiger partial charge < -0.3 is 31.8 Å². The van der Waals surface area contributed by atoms with Crippen molar-refractivity contribution in [1.82, 2.24) is 25.9 Å². The normalized spacial score (nSPS) is 14.7. The highest BCUT2D eigenvalue weighted by Crippen LogP contribution is 2.10. The number of hydrogen-bond acceptors (Lipinski definition) is 7.